The molecule has 0 unspecified atom stereocenters. The molecule has 0 fully saturated rings. The van der Waals surface area contributed by atoms with Crippen molar-refractivity contribution in [2.75, 3.05) is 0 Å². The molecule has 3 heterocycles. The van der Waals surface area contributed by atoms with Crippen molar-refractivity contribution in [3.05, 3.63) is 70.0 Å². The van der Waals surface area contributed by atoms with Gasteiger partial charge in [0, 0.05) is 13.2 Å². The Labute approximate surface area is 146 Å². The second-order valence-corrected chi connectivity index (χ2v) is 6.90. The number of pyridine rings is 1. The molecule has 4 aromatic rings. The number of aryl methyl sites for hydroxylation is 2. The third kappa shape index (κ3) is 2.30. The Morgan fingerprint density at radius 1 is 1.12 bits per heavy atom. The lowest BCUT2D eigenvalue weighted by atomic mass is 10.1. The van der Waals surface area contributed by atoms with E-state index in [0.717, 1.165) is 33.6 Å². The third-order valence-corrected chi connectivity index (χ3v) is 4.88. The topological polar surface area (TPSA) is 44.2 Å². The molecule has 0 saturated heterocycles. The molecule has 0 aliphatic rings. The first-order valence-corrected chi connectivity index (χ1v) is 8.59. The van der Waals surface area contributed by atoms with E-state index >= 15 is 0 Å². The summed E-state index contributed by atoms with van der Waals surface area (Å²) in [5, 5.41) is 0. The smallest absolute Gasteiger partial charge is 0.302 e. The summed E-state index contributed by atoms with van der Waals surface area (Å²) < 4.78 is 5.69. The molecule has 0 saturated carbocycles. The molecule has 0 bridgehead atoms. The summed E-state index contributed by atoms with van der Waals surface area (Å²) in [5.74, 6) is 0.293. The molecule has 25 heavy (non-hydrogen) atoms. The van der Waals surface area contributed by atoms with Gasteiger partial charge in [0.15, 0.2) is 0 Å². The zero-order valence-corrected chi connectivity index (χ0v) is 15.0. The van der Waals surface area contributed by atoms with E-state index in [4.69, 9.17) is 4.98 Å². The average Bonchev–Trinajstić information content (AvgIpc) is 3.08. The predicted octanol–water partition coefficient (Wildman–Crippen LogP) is 3.47. The first kappa shape index (κ1) is 15.7. The molecule has 3 aromatic heterocycles. The number of benzene rings is 1. The second-order valence-electron chi connectivity index (χ2n) is 6.90. The molecule has 5 nitrogen and oxygen atoms in total. The Kier molecular flexibility index (Phi) is 3.53. The van der Waals surface area contributed by atoms with E-state index in [2.05, 4.69) is 31.2 Å². The monoisotopic (exact) mass is 334 g/mol. The van der Waals surface area contributed by atoms with E-state index in [0.29, 0.717) is 12.5 Å². The highest BCUT2D eigenvalue weighted by Gasteiger charge is 2.19. The predicted molar refractivity (Wildman–Crippen MR) is 100 cm³/mol. The van der Waals surface area contributed by atoms with Gasteiger partial charge in [0.25, 0.3) is 0 Å². The minimum Gasteiger partial charge on any atom is -0.302 e. The van der Waals surface area contributed by atoms with Crippen molar-refractivity contribution in [2.45, 2.75) is 33.2 Å². The van der Waals surface area contributed by atoms with Gasteiger partial charge >= 0.3 is 5.69 Å². The van der Waals surface area contributed by atoms with E-state index in [1.165, 1.54) is 0 Å². The molecule has 0 aliphatic carbocycles. The first-order valence-electron chi connectivity index (χ1n) is 8.59. The van der Waals surface area contributed by atoms with Gasteiger partial charge in [-0.2, -0.15) is 0 Å². The Morgan fingerprint density at radius 3 is 2.68 bits per heavy atom. The lowest BCUT2D eigenvalue weighted by molar-refractivity contribution is 0.697. The van der Waals surface area contributed by atoms with Gasteiger partial charge in [-0.05, 0) is 36.6 Å². The van der Waals surface area contributed by atoms with Gasteiger partial charge in [-0.1, -0.05) is 32.0 Å². The van der Waals surface area contributed by atoms with Gasteiger partial charge < -0.3 is 4.40 Å². The van der Waals surface area contributed by atoms with Gasteiger partial charge in [-0.15, -0.1) is 0 Å². The van der Waals surface area contributed by atoms with E-state index in [-0.39, 0.29) is 5.69 Å². The maximum Gasteiger partial charge on any atom is 0.329 e. The normalized spacial score (nSPS) is 11.9. The molecule has 0 radical (unpaired) electrons. The number of fused-ring (bicyclic) bond motifs is 2. The number of hydrogen-bond donors (Lipinski definition) is 0. The Hall–Kier alpha value is -2.82. The van der Waals surface area contributed by atoms with Crippen molar-refractivity contribution in [3.63, 3.8) is 0 Å². The minimum atomic E-state index is 0.00453. The van der Waals surface area contributed by atoms with Crippen LogP contribution in [0.1, 0.15) is 36.7 Å². The molecule has 4 rings (SSSR count). The van der Waals surface area contributed by atoms with E-state index in [1.54, 1.807) is 4.57 Å². The van der Waals surface area contributed by atoms with Crippen LogP contribution in [0.5, 0.6) is 0 Å². The Bertz CT molecular complexity index is 1140. The minimum absolute atomic E-state index is 0.00453. The highest BCUT2D eigenvalue weighted by molar-refractivity contribution is 5.79. The van der Waals surface area contributed by atoms with Crippen molar-refractivity contribution in [2.24, 2.45) is 7.05 Å². The molecular formula is C20H22N4O. The molecule has 128 valence electrons. The fourth-order valence-electron chi connectivity index (χ4n) is 3.63. The van der Waals surface area contributed by atoms with Gasteiger partial charge in [-0.3, -0.25) is 9.13 Å². The zero-order valence-electron chi connectivity index (χ0n) is 15.0. The third-order valence-electron chi connectivity index (χ3n) is 4.88. The number of para-hydroxylation sites is 1. The number of nitrogens with zero attached hydrogens (tertiary/aromatic N) is 4. The van der Waals surface area contributed by atoms with Crippen LogP contribution in [0.15, 0.2) is 47.4 Å². The van der Waals surface area contributed by atoms with Gasteiger partial charge in [-0.25, -0.2) is 9.78 Å². The maximum absolute atomic E-state index is 12.9. The summed E-state index contributed by atoms with van der Waals surface area (Å²) in [7, 11) is 1.83. The van der Waals surface area contributed by atoms with Gasteiger partial charge in [0.05, 0.1) is 29.0 Å². The molecule has 0 aliphatic heterocycles. The van der Waals surface area contributed by atoms with Gasteiger partial charge in [0.1, 0.15) is 5.65 Å². The summed E-state index contributed by atoms with van der Waals surface area (Å²) in [6, 6.07) is 12.0. The van der Waals surface area contributed by atoms with Crippen LogP contribution < -0.4 is 5.69 Å². The molecule has 0 atom stereocenters. The quantitative estimate of drug-likeness (QED) is 0.576. The SMILES string of the molecule is Cc1cccc2c1n(Cc1c(C(C)C)nc3ccccn13)c(=O)n2C. The van der Waals surface area contributed by atoms with E-state index in [9.17, 15) is 4.79 Å². The highest BCUT2D eigenvalue weighted by atomic mass is 16.1. The van der Waals surface area contributed by atoms with Crippen molar-refractivity contribution in [1.82, 2.24) is 18.5 Å². The van der Waals surface area contributed by atoms with Crippen LogP contribution in [0.4, 0.5) is 0 Å². The summed E-state index contributed by atoms with van der Waals surface area (Å²) in [6.07, 6.45) is 2.02. The number of hydrogen-bond acceptors (Lipinski definition) is 2. The second kappa shape index (κ2) is 5.62. The number of rotatable bonds is 3. The molecule has 5 heteroatoms. The summed E-state index contributed by atoms with van der Waals surface area (Å²) in [6.45, 7) is 6.85. The van der Waals surface area contributed by atoms with E-state index < -0.39 is 0 Å². The van der Waals surface area contributed by atoms with Crippen LogP contribution in [0, 0.1) is 6.92 Å². The fraction of sp³-hybridized carbons (Fsp3) is 0.300. The van der Waals surface area contributed by atoms with Crippen LogP contribution in [-0.4, -0.2) is 18.5 Å². The molecule has 0 spiro atoms. The lowest BCUT2D eigenvalue weighted by Crippen LogP contribution is -2.24. The number of aromatic nitrogens is 4. The molecular weight excluding hydrogens is 312 g/mol. The van der Waals surface area contributed by atoms with Crippen molar-refractivity contribution < 1.29 is 0 Å². The Morgan fingerprint density at radius 2 is 1.92 bits per heavy atom. The van der Waals surface area contributed by atoms with Crippen molar-refractivity contribution >= 4 is 16.7 Å². The van der Waals surface area contributed by atoms with Crippen molar-refractivity contribution in [1.29, 1.82) is 0 Å². The molecule has 0 amide bonds. The number of imidazole rings is 2. The van der Waals surface area contributed by atoms with Gasteiger partial charge in [0.2, 0.25) is 0 Å². The molecule has 0 N–H and O–H groups in total. The standard InChI is InChI=1S/C20H22N4O/c1-13(2)18-16(23-11-6-5-10-17(23)21-18)12-24-19-14(3)8-7-9-15(19)22(4)20(24)25/h5-11,13H,12H2,1-4H3. The largest absolute Gasteiger partial charge is 0.329 e. The van der Waals surface area contributed by atoms with Crippen molar-refractivity contribution in [3.8, 4) is 0 Å². The average molecular weight is 334 g/mol. The summed E-state index contributed by atoms with van der Waals surface area (Å²) in [4.78, 5) is 17.7. The maximum atomic E-state index is 12.9. The van der Waals surface area contributed by atoms with Crippen LogP contribution >= 0.6 is 0 Å². The van der Waals surface area contributed by atoms with Crippen LogP contribution in [0.3, 0.4) is 0 Å². The Balaban J connectivity index is 2.00. The summed E-state index contributed by atoms with van der Waals surface area (Å²) >= 11 is 0. The highest BCUT2D eigenvalue weighted by Crippen LogP contribution is 2.24. The van der Waals surface area contributed by atoms with Crippen LogP contribution in [0.2, 0.25) is 0 Å². The van der Waals surface area contributed by atoms with Crippen LogP contribution in [0.25, 0.3) is 16.7 Å². The summed E-state index contributed by atoms with van der Waals surface area (Å²) in [5.41, 5.74) is 6.11. The lowest BCUT2D eigenvalue weighted by Gasteiger charge is -2.09. The zero-order chi connectivity index (χ0) is 17.7. The first-order chi connectivity index (χ1) is 12.0. The molecule has 1 aromatic carbocycles. The fourth-order valence-corrected chi connectivity index (χ4v) is 3.63. The van der Waals surface area contributed by atoms with Crippen LogP contribution in [-0.2, 0) is 13.6 Å². The van der Waals surface area contributed by atoms with E-state index in [1.807, 2.05) is 48.1 Å².